The van der Waals surface area contributed by atoms with Crippen molar-refractivity contribution in [2.24, 2.45) is 0 Å². The Morgan fingerprint density at radius 2 is 2.15 bits per heavy atom. The van der Waals surface area contributed by atoms with Crippen molar-refractivity contribution in [2.75, 3.05) is 13.7 Å². The highest BCUT2D eigenvalue weighted by Gasteiger charge is 2.10. The van der Waals surface area contributed by atoms with Crippen LogP contribution in [-0.4, -0.2) is 39.6 Å². The van der Waals surface area contributed by atoms with Crippen LogP contribution in [0.3, 0.4) is 0 Å². The van der Waals surface area contributed by atoms with Gasteiger partial charge in [0.25, 0.3) is 0 Å². The average Bonchev–Trinajstić information content (AvgIpc) is 2.93. The Bertz CT molecular complexity index is 542. The summed E-state index contributed by atoms with van der Waals surface area (Å²) in [5.74, 6) is 0.779. The van der Waals surface area contributed by atoms with Gasteiger partial charge in [-0.3, -0.25) is 9.89 Å². The molecule has 0 aliphatic rings. The number of H-pyrrole nitrogens is 1. The number of hydrogen-bond donors (Lipinski definition) is 1. The Morgan fingerprint density at radius 1 is 1.40 bits per heavy atom. The molecule has 2 aromatic rings. The van der Waals surface area contributed by atoms with Gasteiger partial charge in [-0.05, 0) is 24.3 Å². The van der Waals surface area contributed by atoms with Crippen LogP contribution in [0.2, 0.25) is 0 Å². The minimum atomic E-state index is -0.319. The van der Waals surface area contributed by atoms with Crippen molar-refractivity contribution in [3.05, 3.63) is 42.2 Å². The maximum Gasteiger partial charge on any atom is 0.226 e. The number of nitrogens with zero attached hydrogens (tertiary/aromatic N) is 3. The topological polar surface area (TPSA) is 71.1 Å². The summed E-state index contributed by atoms with van der Waals surface area (Å²) in [6.07, 6.45) is 1.63. The van der Waals surface area contributed by atoms with E-state index in [4.69, 9.17) is 4.74 Å². The second-order valence-electron chi connectivity index (χ2n) is 4.23. The molecule has 0 spiro atoms. The van der Waals surface area contributed by atoms with Crippen LogP contribution in [0.1, 0.15) is 12.2 Å². The summed E-state index contributed by atoms with van der Waals surface area (Å²) in [7, 11) is 1.68. The summed E-state index contributed by atoms with van der Waals surface area (Å²) in [4.78, 5) is 17.3. The number of ether oxygens (including phenoxy) is 1. The highest BCUT2D eigenvalue weighted by molar-refractivity contribution is 5.75. The van der Waals surface area contributed by atoms with Gasteiger partial charge >= 0.3 is 0 Å². The van der Waals surface area contributed by atoms with Crippen LogP contribution in [0, 0.1) is 5.82 Å². The summed E-state index contributed by atoms with van der Waals surface area (Å²) in [5, 5.41) is 6.40. The smallest absolute Gasteiger partial charge is 0.226 e. The van der Waals surface area contributed by atoms with Crippen LogP contribution in [0.15, 0.2) is 30.6 Å². The zero-order chi connectivity index (χ0) is 14.4. The Hall–Kier alpha value is -2.44. The minimum absolute atomic E-state index is 0.0662. The molecule has 0 radical (unpaired) electrons. The number of aromatic nitrogens is 3. The van der Waals surface area contributed by atoms with Crippen molar-refractivity contribution in [2.45, 2.75) is 13.0 Å². The molecule has 1 N–H and O–H groups in total. The first-order chi connectivity index (χ1) is 9.65. The van der Waals surface area contributed by atoms with Gasteiger partial charge < -0.3 is 9.64 Å². The van der Waals surface area contributed by atoms with Crippen LogP contribution < -0.4 is 4.74 Å². The molecule has 0 atom stereocenters. The molecule has 20 heavy (non-hydrogen) atoms. The van der Waals surface area contributed by atoms with E-state index in [0.717, 1.165) is 0 Å². The molecule has 0 fully saturated rings. The number of carbonyl (C=O) groups is 1. The number of amides is 1. The van der Waals surface area contributed by atoms with E-state index < -0.39 is 0 Å². The van der Waals surface area contributed by atoms with Crippen molar-refractivity contribution in [3.8, 4) is 5.75 Å². The SMILES string of the molecule is CN(Cc1ncn[nH]1)C(=O)CCOc1ccc(F)cc1. The molecule has 2 rings (SSSR count). The van der Waals surface area contributed by atoms with Gasteiger partial charge in [0.15, 0.2) is 0 Å². The molecule has 0 saturated heterocycles. The molecule has 0 saturated carbocycles. The third-order valence-electron chi connectivity index (χ3n) is 2.68. The highest BCUT2D eigenvalue weighted by Crippen LogP contribution is 2.11. The van der Waals surface area contributed by atoms with E-state index in [9.17, 15) is 9.18 Å². The standard InChI is InChI=1S/C13H15FN4O2/c1-18(8-12-15-9-16-17-12)13(19)6-7-20-11-4-2-10(14)3-5-11/h2-5,9H,6-8H2,1H3,(H,15,16,17). The van der Waals surface area contributed by atoms with Gasteiger partial charge in [-0.2, -0.15) is 5.10 Å². The normalized spacial score (nSPS) is 10.3. The maximum absolute atomic E-state index is 12.7. The van der Waals surface area contributed by atoms with Crippen molar-refractivity contribution >= 4 is 5.91 Å². The molecule has 6 nitrogen and oxygen atoms in total. The molecule has 1 aromatic carbocycles. The summed E-state index contributed by atoms with van der Waals surface area (Å²) < 4.78 is 18.1. The molecule has 1 amide bonds. The number of benzene rings is 1. The molecule has 106 valence electrons. The first-order valence-corrected chi connectivity index (χ1v) is 6.12. The fourth-order valence-electron chi connectivity index (χ4n) is 1.60. The lowest BCUT2D eigenvalue weighted by Gasteiger charge is -2.15. The molecule has 1 heterocycles. The van der Waals surface area contributed by atoms with Crippen molar-refractivity contribution < 1.29 is 13.9 Å². The molecule has 0 unspecified atom stereocenters. The van der Waals surface area contributed by atoms with E-state index in [1.807, 2.05) is 0 Å². The highest BCUT2D eigenvalue weighted by atomic mass is 19.1. The zero-order valence-corrected chi connectivity index (χ0v) is 11.0. The van der Waals surface area contributed by atoms with E-state index in [2.05, 4.69) is 15.2 Å². The lowest BCUT2D eigenvalue weighted by atomic mass is 10.3. The summed E-state index contributed by atoms with van der Waals surface area (Å²) in [5.41, 5.74) is 0. The van der Waals surface area contributed by atoms with Gasteiger partial charge in [-0.1, -0.05) is 0 Å². The van der Waals surface area contributed by atoms with Gasteiger partial charge in [-0.25, -0.2) is 9.37 Å². The number of carbonyl (C=O) groups excluding carboxylic acids is 1. The van der Waals surface area contributed by atoms with Crippen LogP contribution in [0.5, 0.6) is 5.75 Å². The van der Waals surface area contributed by atoms with Crippen molar-refractivity contribution in [1.29, 1.82) is 0 Å². The summed E-state index contributed by atoms with van der Waals surface area (Å²) in [6.45, 7) is 0.612. The zero-order valence-electron chi connectivity index (χ0n) is 11.0. The van der Waals surface area contributed by atoms with Gasteiger partial charge in [0.1, 0.15) is 23.7 Å². The summed E-state index contributed by atoms with van der Waals surface area (Å²) in [6, 6.07) is 5.68. The molecule has 1 aromatic heterocycles. The third-order valence-corrected chi connectivity index (χ3v) is 2.68. The van der Waals surface area contributed by atoms with E-state index >= 15 is 0 Å². The fraction of sp³-hybridized carbons (Fsp3) is 0.308. The Labute approximate surface area is 115 Å². The number of aromatic amines is 1. The monoisotopic (exact) mass is 278 g/mol. The molecule has 7 heteroatoms. The fourth-order valence-corrected chi connectivity index (χ4v) is 1.60. The number of halogens is 1. The Balaban J connectivity index is 1.73. The number of rotatable bonds is 6. The molecule has 0 aliphatic carbocycles. The van der Waals surface area contributed by atoms with Crippen molar-refractivity contribution in [3.63, 3.8) is 0 Å². The lowest BCUT2D eigenvalue weighted by Crippen LogP contribution is -2.28. The van der Waals surface area contributed by atoms with Crippen LogP contribution in [-0.2, 0) is 11.3 Å². The van der Waals surface area contributed by atoms with Gasteiger partial charge in [-0.15, -0.1) is 0 Å². The van der Waals surface area contributed by atoms with Gasteiger partial charge in [0, 0.05) is 7.05 Å². The van der Waals surface area contributed by atoms with Gasteiger partial charge in [0.05, 0.1) is 19.6 Å². The first-order valence-electron chi connectivity index (χ1n) is 6.12. The van der Waals surface area contributed by atoms with Crippen molar-refractivity contribution in [1.82, 2.24) is 20.1 Å². The number of hydrogen-bond acceptors (Lipinski definition) is 4. The second kappa shape index (κ2) is 6.65. The second-order valence-corrected chi connectivity index (χ2v) is 4.23. The molecule has 0 aliphatic heterocycles. The molecule has 0 bridgehead atoms. The van der Waals surface area contributed by atoms with E-state index in [1.54, 1.807) is 7.05 Å². The van der Waals surface area contributed by atoms with E-state index in [0.29, 0.717) is 18.1 Å². The lowest BCUT2D eigenvalue weighted by molar-refractivity contribution is -0.131. The van der Waals surface area contributed by atoms with E-state index in [1.165, 1.54) is 35.5 Å². The Kier molecular flexibility index (Phi) is 4.65. The Morgan fingerprint density at radius 3 is 2.80 bits per heavy atom. The minimum Gasteiger partial charge on any atom is -0.493 e. The predicted octanol–water partition coefficient (Wildman–Crippen LogP) is 1.37. The van der Waals surface area contributed by atoms with Gasteiger partial charge in [0.2, 0.25) is 5.91 Å². The quantitative estimate of drug-likeness (QED) is 0.866. The average molecular weight is 278 g/mol. The first kappa shape index (κ1) is 14.0. The van der Waals surface area contributed by atoms with Crippen LogP contribution >= 0.6 is 0 Å². The molecular formula is C13H15FN4O2. The summed E-state index contributed by atoms with van der Waals surface area (Å²) >= 11 is 0. The predicted molar refractivity (Wildman–Crippen MR) is 69.4 cm³/mol. The third kappa shape index (κ3) is 4.04. The maximum atomic E-state index is 12.7. The largest absolute Gasteiger partial charge is 0.493 e. The van der Waals surface area contributed by atoms with Crippen LogP contribution in [0.25, 0.3) is 0 Å². The van der Waals surface area contributed by atoms with Crippen LogP contribution in [0.4, 0.5) is 4.39 Å². The molecular weight excluding hydrogens is 263 g/mol. The van der Waals surface area contributed by atoms with E-state index in [-0.39, 0.29) is 24.8 Å². The number of nitrogens with one attached hydrogen (secondary N) is 1.